The standard InChI is InChI=1S/C19H26FN5O6/c1-9(27)24-15-12(25-19(21)22)6-14(31-17(15)16(29)13(28)8-26)18(30)23-7-10-4-2-3-5-11(10)20/h2-6,12-13,15-17,26,28-29H,7-8H2,1H3,(H,23,30)(H,24,27)(H4,21,22,25)/t12-,13+,15+,16+,17+/m0/s1. The predicted molar refractivity (Wildman–Crippen MR) is 108 cm³/mol. The molecule has 170 valence electrons. The van der Waals surface area contributed by atoms with Gasteiger partial charge in [0.2, 0.25) is 5.91 Å². The molecule has 0 aliphatic carbocycles. The van der Waals surface area contributed by atoms with E-state index in [1.165, 1.54) is 31.2 Å². The third-order valence-electron chi connectivity index (χ3n) is 4.51. The van der Waals surface area contributed by atoms with Gasteiger partial charge < -0.3 is 42.2 Å². The van der Waals surface area contributed by atoms with Gasteiger partial charge in [0.1, 0.15) is 24.1 Å². The quantitative estimate of drug-likeness (QED) is 0.172. The van der Waals surface area contributed by atoms with Crippen LogP contribution in [0, 0.1) is 5.82 Å². The maximum Gasteiger partial charge on any atom is 0.286 e. The van der Waals surface area contributed by atoms with Gasteiger partial charge in [0.15, 0.2) is 11.7 Å². The maximum atomic E-state index is 13.8. The smallest absolute Gasteiger partial charge is 0.286 e. The number of ether oxygens (including phenoxy) is 1. The first-order chi connectivity index (χ1) is 14.6. The monoisotopic (exact) mass is 439 g/mol. The summed E-state index contributed by atoms with van der Waals surface area (Å²) in [4.78, 5) is 28.2. The summed E-state index contributed by atoms with van der Waals surface area (Å²) < 4.78 is 19.3. The number of halogens is 1. The number of hydrogen-bond acceptors (Lipinski definition) is 7. The van der Waals surface area contributed by atoms with Crippen LogP contribution in [0.3, 0.4) is 0 Å². The van der Waals surface area contributed by atoms with E-state index in [0.29, 0.717) is 0 Å². The summed E-state index contributed by atoms with van der Waals surface area (Å²) in [6.07, 6.45) is -3.51. The Morgan fingerprint density at radius 3 is 2.55 bits per heavy atom. The molecule has 12 heteroatoms. The highest BCUT2D eigenvalue weighted by Gasteiger charge is 2.43. The Kier molecular flexibility index (Phi) is 8.30. The highest BCUT2D eigenvalue weighted by atomic mass is 19.1. The van der Waals surface area contributed by atoms with Crippen LogP contribution in [0.15, 0.2) is 41.1 Å². The summed E-state index contributed by atoms with van der Waals surface area (Å²) in [6.45, 7) is 0.249. The lowest BCUT2D eigenvalue weighted by Crippen LogP contribution is -2.60. The van der Waals surface area contributed by atoms with Gasteiger partial charge in [0, 0.05) is 19.0 Å². The van der Waals surface area contributed by atoms with Crippen molar-refractivity contribution in [3.8, 4) is 0 Å². The number of carbonyl (C=O) groups is 2. The number of rotatable bonds is 8. The van der Waals surface area contributed by atoms with Crippen LogP contribution in [0.4, 0.5) is 4.39 Å². The molecule has 0 bridgehead atoms. The van der Waals surface area contributed by atoms with E-state index in [9.17, 15) is 29.3 Å². The van der Waals surface area contributed by atoms with Gasteiger partial charge in [-0.3, -0.25) is 9.59 Å². The van der Waals surface area contributed by atoms with E-state index in [-0.39, 0.29) is 23.8 Å². The maximum absolute atomic E-state index is 13.8. The lowest BCUT2D eigenvalue weighted by molar-refractivity contribution is -0.134. The second kappa shape index (κ2) is 10.7. The second-order valence-corrected chi connectivity index (χ2v) is 6.90. The van der Waals surface area contributed by atoms with Gasteiger partial charge in [0.25, 0.3) is 5.91 Å². The molecule has 1 aromatic carbocycles. The first-order valence-electron chi connectivity index (χ1n) is 9.37. The number of benzene rings is 1. The van der Waals surface area contributed by atoms with Crippen molar-refractivity contribution in [3.63, 3.8) is 0 Å². The van der Waals surface area contributed by atoms with Gasteiger partial charge >= 0.3 is 0 Å². The zero-order chi connectivity index (χ0) is 23.1. The second-order valence-electron chi connectivity index (χ2n) is 6.90. The Hall–Kier alpha value is -3.22. The number of nitrogens with one attached hydrogen (secondary N) is 2. The Morgan fingerprint density at radius 1 is 1.29 bits per heavy atom. The van der Waals surface area contributed by atoms with Crippen LogP contribution < -0.4 is 22.1 Å². The fraction of sp³-hybridized carbons (Fsp3) is 0.421. The van der Waals surface area contributed by atoms with Gasteiger partial charge in [-0.05, 0) is 12.1 Å². The summed E-state index contributed by atoms with van der Waals surface area (Å²) >= 11 is 0. The van der Waals surface area contributed by atoms with E-state index in [4.69, 9.17) is 16.2 Å². The van der Waals surface area contributed by atoms with E-state index in [1.807, 2.05) is 0 Å². The van der Waals surface area contributed by atoms with E-state index < -0.39 is 54.6 Å². The minimum absolute atomic E-state index is 0.152. The molecule has 0 unspecified atom stereocenters. The van der Waals surface area contributed by atoms with Crippen LogP contribution in [0.2, 0.25) is 0 Å². The van der Waals surface area contributed by atoms with Crippen LogP contribution in [0.5, 0.6) is 0 Å². The summed E-state index contributed by atoms with van der Waals surface area (Å²) in [5, 5.41) is 34.4. The van der Waals surface area contributed by atoms with Crippen LogP contribution in [0.25, 0.3) is 0 Å². The average Bonchev–Trinajstić information content (AvgIpc) is 2.72. The number of aliphatic imine (C=N–C) groups is 1. The van der Waals surface area contributed by atoms with Gasteiger partial charge in [0.05, 0.1) is 18.7 Å². The first-order valence-corrected chi connectivity index (χ1v) is 9.37. The van der Waals surface area contributed by atoms with Crippen LogP contribution in [-0.4, -0.2) is 70.1 Å². The van der Waals surface area contributed by atoms with Crippen molar-refractivity contribution in [3.05, 3.63) is 47.5 Å². The molecule has 11 nitrogen and oxygen atoms in total. The zero-order valence-corrected chi connectivity index (χ0v) is 16.7. The Morgan fingerprint density at radius 2 is 1.97 bits per heavy atom. The van der Waals surface area contributed by atoms with Gasteiger partial charge in [-0.1, -0.05) is 18.2 Å². The minimum Gasteiger partial charge on any atom is -0.480 e. The fourth-order valence-corrected chi connectivity index (χ4v) is 3.05. The molecule has 0 aromatic heterocycles. The van der Waals surface area contributed by atoms with Crippen LogP contribution in [0.1, 0.15) is 12.5 Å². The third kappa shape index (κ3) is 6.38. The first kappa shape index (κ1) is 24.1. The highest BCUT2D eigenvalue weighted by Crippen LogP contribution is 2.25. The van der Waals surface area contributed by atoms with Crippen molar-refractivity contribution in [1.82, 2.24) is 10.6 Å². The molecule has 0 saturated heterocycles. The van der Waals surface area contributed by atoms with Crippen molar-refractivity contribution in [2.24, 2.45) is 16.5 Å². The topological polar surface area (TPSA) is 193 Å². The molecule has 1 aromatic rings. The molecule has 5 atom stereocenters. The molecule has 0 saturated carbocycles. The van der Waals surface area contributed by atoms with E-state index in [2.05, 4.69) is 15.6 Å². The van der Waals surface area contributed by atoms with Gasteiger partial charge in [-0.2, -0.15) is 0 Å². The lowest BCUT2D eigenvalue weighted by atomic mass is 9.92. The highest BCUT2D eigenvalue weighted by molar-refractivity contribution is 5.92. The van der Waals surface area contributed by atoms with Crippen molar-refractivity contribution < 1.29 is 34.0 Å². The largest absolute Gasteiger partial charge is 0.480 e. The lowest BCUT2D eigenvalue weighted by Gasteiger charge is -2.39. The van der Waals surface area contributed by atoms with E-state index in [0.717, 1.165) is 0 Å². The molecule has 2 amide bonds. The van der Waals surface area contributed by atoms with Crippen LogP contribution in [-0.2, 0) is 20.9 Å². The molecule has 1 aliphatic rings. The number of carbonyl (C=O) groups excluding carboxylic acids is 2. The molecule has 1 heterocycles. The predicted octanol–water partition coefficient (Wildman–Crippen LogP) is -2.41. The molecule has 0 spiro atoms. The van der Waals surface area contributed by atoms with E-state index in [1.54, 1.807) is 6.07 Å². The molecular weight excluding hydrogens is 413 g/mol. The number of nitrogens with two attached hydrogens (primary N) is 2. The Bertz CT molecular complexity index is 860. The zero-order valence-electron chi connectivity index (χ0n) is 16.7. The minimum atomic E-state index is -1.71. The number of aliphatic hydroxyl groups excluding tert-OH is 3. The SMILES string of the molecule is CC(=O)N[C@H]1[C@H]([C@H](O)[C@H](O)CO)OC(C(=O)NCc2ccccc2F)=C[C@@H]1N=C(N)N. The molecule has 2 rings (SSSR count). The average molecular weight is 439 g/mol. The van der Waals surface area contributed by atoms with Gasteiger partial charge in [-0.25, -0.2) is 9.38 Å². The van der Waals surface area contributed by atoms with Gasteiger partial charge in [-0.15, -0.1) is 0 Å². The molecule has 9 N–H and O–H groups in total. The normalized spacial score (nSPS) is 22.4. The fourth-order valence-electron chi connectivity index (χ4n) is 3.05. The third-order valence-corrected chi connectivity index (χ3v) is 4.51. The molecule has 1 aliphatic heterocycles. The molecular formula is C19H26FN5O6. The van der Waals surface area contributed by atoms with Crippen molar-refractivity contribution in [2.75, 3.05) is 6.61 Å². The Labute approximate surface area is 177 Å². The number of aliphatic hydroxyl groups is 3. The number of amides is 2. The summed E-state index contributed by atoms with van der Waals surface area (Å²) in [6, 6.07) is 3.74. The summed E-state index contributed by atoms with van der Waals surface area (Å²) in [5.74, 6) is -2.47. The molecule has 0 radical (unpaired) electrons. The van der Waals surface area contributed by atoms with Crippen molar-refractivity contribution in [2.45, 2.75) is 43.9 Å². The summed E-state index contributed by atoms with van der Waals surface area (Å²) in [7, 11) is 0. The number of hydrogen-bond donors (Lipinski definition) is 7. The number of nitrogens with zero attached hydrogens (tertiary/aromatic N) is 1. The van der Waals surface area contributed by atoms with Crippen molar-refractivity contribution in [1.29, 1.82) is 0 Å². The molecule has 0 fully saturated rings. The van der Waals surface area contributed by atoms with E-state index >= 15 is 0 Å². The molecule has 31 heavy (non-hydrogen) atoms. The number of guanidine groups is 1. The van der Waals surface area contributed by atoms with Crippen LogP contribution >= 0.6 is 0 Å². The van der Waals surface area contributed by atoms with Crippen molar-refractivity contribution >= 4 is 17.8 Å². The Balaban J connectivity index is 2.33. The summed E-state index contributed by atoms with van der Waals surface area (Å²) in [5.41, 5.74) is 11.1.